The van der Waals surface area contributed by atoms with Crippen LogP contribution in [0.4, 0.5) is 5.82 Å². The van der Waals surface area contributed by atoms with Gasteiger partial charge in [0, 0.05) is 11.8 Å². The lowest BCUT2D eigenvalue weighted by Crippen LogP contribution is -2.01. The molecule has 0 atom stereocenters. The Hall–Kier alpha value is -1.42. The van der Waals surface area contributed by atoms with E-state index in [2.05, 4.69) is 36.8 Å². The third kappa shape index (κ3) is 2.07. The van der Waals surface area contributed by atoms with Crippen molar-refractivity contribution in [1.29, 1.82) is 0 Å². The number of nitrogen functional groups attached to an aromatic ring is 1. The maximum atomic E-state index is 5.81. The summed E-state index contributed by atoms with van der Waals surface area (Å²) < 4.78 is 0. The van der Waals surface area contributed by atoms with Crippen molar-refractivity contribution in [2.24, 2.45) is 0 Å². The second-order valence-corrected chi connectivity index (χ2v) is 5.04. The number of aryl methyl sites for hydroxylation is 1. The van der Waals surface area contributed by atoms with Gasteiger partial charge >= 0.3 is 0 Å². The minimum atomic E-state index is 0.365. The minimum absolute atomic E-state index is 0.365. The molecule has 0 bridgehead atoms. The summed E-state index contributed by atoms with van der Waals surface area (Å²) in [5.41, 5.74) is 8.00. The highest BCUT2D eigenvalue weighted by Gasteiger charge is 2.10. The molecule has 4 heteroatoms. The molecule has 3 nitrogen and oxygen atoms in total. The topological polar surface area (TPSA) is 51.8 Å². The Kier molecular flexibility index (Phi) is 2.92. The Morgan fingerprint density at radius 1 is 1.31 bits per heavy atom. The first-order chi connectivity index (χ1) is 7.58. The SMILES string of the molecule is Cc1ccsc1-c1nc(N)cc(C(C)C)n1. The van der Waals surface area contributed by atoms with Crippen molar-refractivity contribution >= 4 is 17.2 Å². The van der Waals surface area contributed by atoms with Crippen molar-refractivity contribution in [3.63, 3.8) is 0 Å². The highest BCUT2D eigenvalue weighted by Crippen LogP contribution is 2.27. The van der Waals surface area contributed by atoms with Crippen LogP contribution in [0.5, 0.6) is 0 Å². The molecule has 0 aliphatic carbocycles. The molecular formula is C12H15N3S. The standard InChI is InChI=1S/C12H15N3S/c1-7(2)9-6-10(13)15-12(14-9)11-8(3)4-5-16-11/h4-7H,1-3H3,(H2,13,14,15). The van der Waals surface area contributed by atoms with Gasteiger partial charge in [-0.05, 0) is 29.9 Å². The number of hydrogen-bond acceptors (Lipinski definition) is 4. The Bertz CT molecular complexity index is 503. The van der Waals surface area contributed by atoms with Gasteiger partial charge in [0.15, 0.2) is 5.82 Å². The molecule has 0 unspecified atom stereocenters. The Labute approximate surface area is 99.4 Å². The Morgan fingerprint density at radius 2 is 2.06 bits per heavy atom. The van der Waals surface area contributed by atoms with Crippen LogP contribution in [-0.2, 0) is 0 Å². The third-order valence-electron chi connectivity index (χ3n) is 2.42. The molecule has 0 fully saturated rings. The van der Waals surface area contributed by atoms with Gasteiger partial charge in [0.1, 0.15) is 5.82 Å². The van der Waals surface area contributed by atoms with E-state index < -0.39 is 0 Å². The minimum Gasteiger partial charge on any atom is -0.384 e. The van der Waals surface area contributed by atoms with Crippen LogP contribution >= 0.6 is 11.3 Å². The molecule has 0 spiro atoms. The molecule has 2 aromatic rings. The smallest absolute Gasteiger partial charge is 0.172 e. The summed E-state index contributed by atoms with van der Waals surface area (Å²) >= 11 is 1.65. The molecule has 2 heterocycles. The van der Waals surface area contributed by atoms with E-state index in [1.807, 2.05) is 11.4 Å². The lowest BCUT2D eigenvalue weighted by molar-refractivity contribution is 0.818. The van der Waals surface area contributed by atoms with Crippen LogP contribution in [0.2, 0.25) is 0 Å². The van der Waals surface area contributed by atoms with Crippen LogP contribution in [0.3, 0.4) is 0 Å². The summed E-state index contributed by atoms with van der Waals surface area (Å²) in [6, 6.07) is 3.92. The predicted molar refractivity (Wildman–Crippen MR) is 68.6 cm³/mol. The van der Waals surface area contributed by atoms with E-state index in [0.717, 1.165) is 16.4 Å². The first-order valence-electron chi connectivity index (χ1n) is 5.27. The monoisotopic (exact) mass is 233 g/mol. The van der Waals surface area contributed by atoms with Crippen molar-refractivity contribution in [3.05, 3.63) is 28.8 Å². The van der Waals surface area contributed by atoms with Crippen LogP contribution < -0.4 is 5.73 Å². The fraction of sp³-hybridized carbons (Fsp3) is 0.333. The number of aromatic nitrogens is 2. The van der Waals surface area contributed by atoms with E-state index in [1.54, 1.807) is 11.3 Å². The molecular weight excluding hydrogens is 218 g/mol. The van der Waals surface area contributed by atoms with Gasteiger partial charge in [-0.15, -0.1) is 11.3 Å². The summed E-state index contributed by atoms with van der Waals surface area (Å²) in [4.78, 5) is 9.96. The maximum absolute atomic E-state index is 5.81. The molecule has 2 rings (SSSR count). The third-order valence-corrected chi connectivity index (χ3v) is 3.43. The van der Waals surface area contributed by atoms with E-state index in [4.69, 9.17) is 5.73 Å². The molecule has 16 heavy (non-hydrogen) atoms. The first kappa shape index (κ1) is 11.1. The molecule has 0 radical (unpaired) electrons. The largest absolute Gasteiger partial charge is 0.384 e. The number of nitrogens with zero attached hydrogens (tertiary/aromatic N) is 2. The lowest BCUT2D eigenvalue weighted by atomic mass is 10.1. The highest BCUT2D eigenvalue weighted by molar-refractivity contribution is 7.13. The Balaban J connectivity index is 2.54. The normalized spacial score (nSPS) is 11.0. The zero-order chi connectivity index (χ0) is 11.7. The fourth-order valence-electron chi connectivity index (χ4n) is 1.48. The van der Waals surface area contributed by atoms with Crippen molar-refractivity contribution < 1.29 is 0 Å². The van der Waals surface area contributed by atoms with Gasteiger partial charge in [-0.25, -0.2) is 9.97 Å². The van der Waals surface area contributed by atoms with Gasteiger partial charge in [0.05, 0.1) is 4.88 Å². The summed E-state index contributed by atoms with van der Waals surface area (Å²) in [7, 11) is 0. The van der Waals surface area contributed by atoms with Crippen LogP contribution in [0.25, 0.3) is 10.7 Å². The zero-order valence-electron chi connectivity index (χ0n) is 9.69. The molecule has 0 saturated heterocycles. The quantitative estimate of drug-likeness (QED) is 0.866. The molecule has 0 amide bonds. The van der Waals surface area contributed by atoms with Gasteiger partial charge in [-0.3, -0.25) is 0 Å². The highest BCUT2D eigenvalue weighted by atomic mass is 32.1. The van der Waals surface area contributed by atoms with E-state index in [-0.39, 0.29) is 0 Å². The van der Waals surface area contributed by atoms with Gasteiger partial charge in [-0.1, -0.05) is 13.8 Å². The number of anilines is 1. The van der Waals surface area contributed by atoms with Gasteiger partial charge in [0.2, 0.25) is 0 Å². The zero-order valence-corrected chi connectivity index (χ0v) is 10.5. The summed E-state index contributed by atoms with van der Waals surface area (Å²) in [5.74, 6) is 1.65. The molecule has 2 N–H and O–H groups in total. The molecule has 84 valence electrons. The average Bonchev–Trinajstić information content (AvgIpc) is 2.63. The van der Waals surface area contributed by atoms with Crippen LogP contribution in [0.15, 0.2) is 17.5 Å². The van der Waals surface area contributed by atoms with Crippen molar-refractivity contribution in [3.8, 4) is 10.7 Å². The van der Waals surface area contributed by atoms with Gasteiger partial charge in [-0.2, -0.15) is 0 Å². The molecule has 0 saturated carbocycles. The van der Waals surface area contributed by atoms with E-state index in [9.17, 15) is 0 Å². The van der Waals surface area contributed by atoms with Crippen molar-refractivity contribution in [2.75, 3.05) is 5.73 Å². The van der Waals surface area contributed by atoms with Gasteiger partial charge in [0.25, 0.3) is 0 Å². The fourth-order valence-corrected chi connectivity index (χ4v) is 2.34. The number of thiophene rings is 1. The van der Waals surface area contributed by atoms with Crippen molar-refractivity contribution in [1.82, 2.24) is 9.97 Å². The Morgan fingerprint density at radius 3 is 2.62 bits per heavy atom. The summed E-state index contributed by atoms with van der Waals surface area (Å²) in [5, 5.41) is 2.05. The lowest BCUT2D eigenvalue weighted by Gasteiger charge is -2.07. The van der Waals surface area contributed by atoms with Crippen LogP contribution in [0.1, 0.15) is 31.0 Å². The van der Waals surface area contributed by atoms with Gasteiger partial charge < -0.3 is 5.73 Å². The van der Waals surface area contributed by atoms with E-state index in [0.29, 0.717) is 11.7 Å². The molecule has 0 aromatic carbocycles. The number of rotatable bonds is 2. The van der Waals surface area contributed by atoms with E-state index in [1.165, 1.54) is 5.56 Å². The second kappa shape index (κ2) is 4.22. The number of hydrogen-bond donors (Lipinski definition) is 1. The average molecular weight is 233 g/mol. The molecule has 2 aromatic heterocycles. The predicted octanol–water partition coefficient (Wildman–Crippen LogP) is 3.22. The van der Waals surface area contributed by atoms with Crippen molar-refractivity contribution in [2.45, 2.75) is 26.7 Å². The van der Waals surface area contributed by atoms with E-state index >= 15 is 0 Å². The maximum Gasteiger partial charge on any atom is 0.172 e. The summed E-state index contributed by atoms with van der Waals surface area (Å²) in [6.07, 6.45) is 0. The molecule has 0 aliphatic heterocycles. The number of nitrogens with two attached hydrogens (primary N) is 1. The second-order valence-electron chi connectivity index (χ2n) is 4.13. The van der Waals surface area contributed by atoms with Crippen LogP contribution in [-0.4, -0.2) is 9.97 Å². The molecule has 0 aliphatic rings. The van der Waals surface area contributed by atoms with Crippen LogP contribution in [0, 0.1) is 6.92 Å². The summed E-state index contributed by atoms with van der Waals surface area (Å²) in [6.45, 7) is 6.27. The first-order valence-corrected chi connectivity index (χ1v) is 6.15.